The predicted octanol–water partition coefficient (Wildman–Crippen LogP) is 2.98. The molecule has 0 bridgehead atoms. The Bertz CT molecular complexity index is 155. The molecule has 2 nitrogen and oxygen atoms in total. The fourth-order valence-corrected chi connectivity index (χ4v) is 0.984. The molecule has 0 N–H and O–H groups in total. The van der Waals surface area contributed by atoms with Crippen molar-refractivity contribution in [3.8, 4) is 0 Å². The summed E-state index contributed by atoms with van der Waals surface area (Å²) in [5.74, 6) is -0.175. The summed E-state index contributed by atoms with van der Waals surface area (Å²) in [7, 11) is 0. The van der Waals surface area contributed by atoms with E-state index in [9.17, 15) is 4.79 Å². The van der Waals surface area contributed by atoms with E-state index in [1.54, 1.807) is 0 Å². The first-order chi connectivity index (χ1) is 5.93. The van der Waals surface area contributed by atoms with Crippen LogP contribution in [0.5, 0.6) is 0 Å². The second-order valence-electron chi connectivity index (χ2n) is 3.76. The lowest BCUT2D eigenvalue weighted by Crippen LogP contribution is -2.19. The van der Waals surface area contributed by atoms with E-state index in [4.69, 9.17) is 16.3 Å². The number of esters is 1. The van der Waals surface area contributed by atoms with Gasteiger partial charge >= 0.3 is 5.97 Å². The smallest absolute Gasteiger partial charge is 0.308 e. The Morgan fingerprint density at radius 1 is 1.23 bits per heavy atom. The first kappa shape index (κ1) is 12.8. The number of carbonyl (C=O) groups is 1. The molecule has 0 amide bonds. The Balaban J connectivity index is 3.62. The lowest BCUT2D eigenvalue weighted by molar-refractivity contribution is -0.152. The van der Waals surface area contributed by atoms with Crippen LogP contribution in [0.2, 0.25) is 0 Å². The molecule has 2 unspecified atom stereocenters. The van der Waals surface area contributed by atoms with Gasteiger partial charge in [0.1, 0.15) is 0 Å². The lowest BCUT2D eigenvalue weighted by atomic mass is 10.2. The Hall–Kier alpha value is -0.240. The van der Waals surface area contributed by atoms with E-state index in [1.165, 1.54) is 0 Å². The average Bonchev–Trinajstić information content (AvgIpc) is 2.00. The van der Waals surface area contributed by atoms with Crippen LogP contribution in [-0.2, 0) is 9.53 Å². The van der Waals surface area contributed by atoms with Gasteiger partial charge in [0.05, 0.1) is 12.0 Å². The molecule has 0 aliphatic rings. The van der Waals surface area contributed by atoms with Crippen LogP contribution in [0.4, 0.5) is 0 Å². The second-order valence-corrected chi connectivity index (χ2v) is 4.51. The summed E-state index contributed by atoms with van der Waals surface area (Å²) in [4.78, 5) is 11.1. The van der Waals surface area contributed by atoms with Crippen LogP contribution in [0.3, 0.4) is 0 Å². The van der Waals surface area contributed by atoms with E-state index in [2.05, 4.69) is 0 Å². The Labute approximate surface area is 85.6 Å². The van der Waals surface area contributed by atoms with Gasteiger partial charge in [0.15, 0.2) is 0 Å². The molecule has 3 heteroatoms. The zero-order valence-corrected chi connectivity index (χ0v) is 9.60. The van der Waals surface area contributed by atoms with Gasteiger partial charge in [-0.05, 0) is 26.7 Å². The van der Waals surface area contributed by atoms with E-state index >= 15 is 0 Å². The largest absolute Gasteiger partial charge is 0.462 e. The number of ether oxygens (including phenoxy) is 1. The summed E-state index contributed by atoms with van der Waals surface area (Å²) in [6.07, 6.45) is 1.70. The number of alkyl halides is 1. The molecule has 13 heavy (non-hydrogen) atoms. The van der Waals surface area contributed by atoms with Crippen LogP contribution in [0.25, 0.3) is 0 Å². The summed E-state index contributed by atoms with van der Waals surface area (Å²) in [5, 5.41) is 0.153. The van der Waals surface area contributed by atoms with Crippen molar-refractivity contribution in [2.75, 3.05) is 0 Å². The first-order valence-electron chi connectivity index (χ1n) is 4.78. The van der Waals surface area contributed by atoms with Crippen LogP contribution in [0, 0.1) is 5.92 Å². The van der Waals surface area contributed by atoms with Gasteiger partial charge in [-0.15, -0.1) is 11.6 Å². The lowest BCUT2D eigenvalue weighted by Gasteiger charge is -2.15. The van der Waals surface area contributed by atoms with Crippen LogP contribution in [0.1, 0.15) is 40.5 Å². The average molecular weight is 207 g/mol. The van der Waals surface area contributed by atoms with E-state index in [0.717, 1.165) is 12.8 Å². The molecule has 78 valence electrons. The third-order valence-electron chi connectivity index (χ3n) is 1.76. The maximum atomic E-state index is 11.1. The van der Waals surface area contributed by atoms with Gasteiger partial charge in [-0.2, -0.15) is 0 Å². The van der Waals surface area contributed by atoms with Crippen LogP contribution >= 0.6 is 11.6 Å². The Kier molecular flexibility index (Phi) is 6.13. The summed E-state index contributed by atoms with van der Waals surface area (Å²) in [6, 6.07) is 0. The van der Waals surface area contributed by atoms with Gasteiger partial charge in [-0.25, -0.2) is 0 Å². The maximum Gasteiger partial charge on any atom is 0.308 e. The Morgan fingerprint density at radius 3 is 2.15 bits per heavy atom. The highest BCUT2D eigenvalue weighted by molar-refractivity contribution is 6.20. The highest BCUT2D eigenvalue weighted by atomic mass is 35.5. The molecule has 0 saturated heterocycles. The van der Waals surface area contributed by atoms with Crippen LogP contribution in [0.15, 0.2) is 0 Å². The zero-order valence-electron chi connectivity index (χ0n) is 8.84. The third-order valence-corrected chi connectivity index (χ3v) is 1.98. The van der Waals surface area contributed by atoms with Crippen molar-refractivity contribution < 1.29 is 9.53 Å². The molecular formula is C10H19ClO2. The SMILES string of the molecule is CC(Cl)CCC(C)OC(=O)C(C)C. The molecule has 0 aliphatic carbocycles. The minimum absolute atomic E-state index is 0.0175. The topological polar surface area (TPSA) is 26.3 Å². The first-order valence-corrected chi connectivity index (χ1v) is 5.21. The van der Waals surface area contributed by atoms with E-state index < -0.39 is 0 Å². The number of rotatable bonds is 5. The normalized spacial score (nSPS) is 15.5. The fourth-order valence-electron chi connectivity index (χ4n) is 0.858. The van der Waals surface area contributed by atoms with E-state index in [1.807, 2.05) is 27.7 Å². The molecule has 0 heterocycles. The molecule has 2 atom stereocenters. The van der Waals surface area contributed by atoms with Gasteiger partial charge in [0.2, 0.25) is 0 Å². The zero-order chi connectivity index (χ0) is 10.4. The molecule has 0 aromatic heterocycles. The van der Waals surface area contributed by atoms with Crippen molar-refractivity contribution in [2.45, 2.75) is 52.0 Å². The molecule has 0 fully saturated rings. The van der Waals surface area contributed by atoms with Gasteiger partial charge in [-0.1, -0.05) is 13.8 Å². The minimum Gasteiger partial charge on any atom is -0.462 e. The monoisotopic (exact) mass is 206 g/mol. The fraction of sp³-hybridized carbons (Fsp3) is 0.900. The van der Waals surface area contributed by atoms with Crippen molar-refractivity contribution in [3.05, 3.63) is 0 Å². The number of hydrogen-bond donors (Lipinski definition) is 0. The van der Waals surface area contributed by atoms with Crippen LogP contribution in [-0.4, -0.2) is 17.5 Å². The summed E-state index contributed by atoms with van der Waals surface area (Å²) >= 11 is 5.78. The predicted molar refractivity (Wildman–Crippen MR) is 54.9 cm³/mol. The van der Waals surface area contributed by atoms with Crippen molar-refractivity contribution in [2.24, 2.45) is 5.92 Å². The van der Waals surface area contributed by atoms with Gasteiger partial charge < -0.3 is 4.74 Å². The van der Waals surface area contributed by atoms with Crippen molar-refractivity contribution in [1.29, 1.82) is 0 Å². The number of hydrogen-bond acceptors (Lipinski definition) is 2. The molecular weight excluding hydrogens is 188 g/mol. The minimum atomic E-state index is -0.130. The molecule has 0 spiro atoms. The number of carbonyl (C=O) groups excluding carboxylic acids is 1. The molecule has 0 saturated carbocycles. The van der Waals surface area contributed by atoms with Crippen molar-refractivity contribution in [3.63, 3.8) is 0 Å². The maximum absolute atomic E-state index is 11.1. The Morgan fingerprint density at radius 2 is 1.77 bits per heavy atom. The summed E-state index contributed by atoms with van der Waals surface area (Å²) in [5.41, 5.74) is 0. The van der Waals surface area contributed by atoms with Gasteiger partial charge in [-0.3, -0.25) is 4.79 Å². The highest BCUT2D eigenvalue weighted by Crippen LogP contribution is 2.10. The highest BCUT2D eigenvalue weighted by Gasteiger charge is 2.13. The number of halogens is 1. The van der Waals surface area contributed by atoms with Gasteiger partial charge in [0.25, 0.3) is 0 Å². The van der Waals surface area contributed by atoms with E-state index in [0.29, 0.717) is 0 Å². The van der Waals surface area contributed by atoms with Crippen molar-refractivity contribution >= 4 is 17.6 Å². The molecule has 0 aromatic carbocycles. The van der Waals surface area contributed by atoms with Gasteiger partial charge in [0, 0.05) is 5.38 Å². The molecule has 0 radical (unpaired) electrons. The summed E-state index contributed by atoms with van der Waals surface area (Å²) < 4.78 is 5.16. The quantitative estimate of drug-likeness (QED) is 0.511. The second kappa shape index (κ2) is 6.25. The molecule has 0 rings (SSSR count). The van der Waals surface area contributed by atoms with E-state index in [-0.39, 0.29) is 23.4 Å². The van der Waals surface area contributed by atoms with Crippen LogP contribution < -0.4 is 0 Å². The van der Waals surface area contributed by atoms with Crippen molar-refractivity contribution in [1.82, 2.24) is 0 Å². The standard InChI is InChI=1S/C10H19ClO2/c1-7(2)10(12)13-9(4)6-5-8(3)11/h7-9H,5-6H2,1-4H3. The third kappa shape index (κ3) is 6.88. The molecule has 0 aliphatic heterocycles. The summed E-state index contributed by atoms with van der Waals surface area (Å²) in [6.45, 7) is 7.51. The molecule has 0 aromatic rings.